The molecule has 13 heavy (non-hydrogen) atoms. The maximum atomic E-state index is 4.93. The highest BCUT2D eigenvalue weighted by molar-refractivity contribution is 5.82. The molecule has 2 aromatic rings. The van der Waals surface area contributed by atoms with Crippen LogP contribution in [0.15, 0.2) is 0 Å². The minimum atomic E-state index is 0.324. The number of rotatable bonds is 2. The molecule has 0 aromatic carbocycles. The first-order valence-electron chi connectivity index (χ1n) is 3.52. The third-order valence-electron chi connectivity index (χ3n) is 1.57. The molecule has 68 valence electrons. The van der Waals surface area contributed by atoms with E-state index in [9.17, 15) is 0 Å². The van der Waals surface area contributed by atoms with Gasteiger partial charge in [0.15, 0.2) is 11.0 Å². The highest BCUT2D eigenvalue weighted by Gasteiger charge is 2.13. The number of aromatic nitrogens is 5. The molecule has 0 saturated carbocycles. The van der Waals surface area contributed by atoms with E-state index < -0.39 is 0 Å². The van der Waals surface area contributed by atoms with E-state index in [1.807, 2.05) is 0 Å². The summed E-state index contributed by atoms with van der Waals surface area (Å²) in [4.78, 5) is 0. The van der Waals surface area contributed by atoms with Crippen LogP contribution < -0.4 is 9.47 Å². The quantitative estimate of drug-likeness (QED) is 0.688. The summed E-state index contributed by atoms with van der Waals surface area (Å²) in [6.45, 7) is 0. The van der Waals surface area contributed by atoms with Crippen LogP contribution in [-0.4, -0.2) is 39.8 Å². The van der Waals surface area contributed by atoms with E-state index >= 15 is 0 Å². The second-order valence-electron chi connectivity index (χ2n) is 2.24. The third kappa shape index (κ3) is 1.05. The van der Waals surface area contributed by atoms with Crippen LogP contribution in [0.25, 0.3) is 11.0 Å². The van der Waals surface area contributed by atoms with Crippen LogP contribution >= 0.6 is 0 Å². The highest BCUT2D eigenvalue weighted by atomic mass is 16.5. The second-order valence-corrected chi connectivity index (χ2v) is 2.24. The Morgan fingerprint density at radius 3 is 1.77 bits per heavy atom. The zero-order valence-electron chi connectivity index (χ0n) is 7.11. The predicted molar refractivity (Wildman–Crippen MR) is 42.6 cm³/mol. The van der Waals surface area contributed by atoms with Gasteiger partial charge in [-0.3, -0.25) is 0 Å². The third-order valence-corrected chi connectivity index (χ3v) is 1.57. The molecule has 0 aliphatic carbocycles. The lowest BCUT2D eigenvalue weighted by Crippen LogP contribution is -1.96. The standard InChI is InChI=1S/C6H7N5O2/c1-12-5-3-4(8-11-7-3)6(13-2)10-9-5/h1-2H3,(H,7,8,11). The number of H-pyrrole nitrogens is 1. The predicted octanol–water partition coefficient (Wildman–Crippen LogP) is -0.235. The van der Waals surface area contributed by atoms with E-state index in [1.54, 1.807) is 0 Å². The Hall–Kier alpha value is -1.92. The molecule has 7 heteroatoms. The molecule has 0 amide bonds. The first-order valence-corrected chi connectivity index (χ1v) is 3.52. The number of methoxy groups -OCH3 is 2. The van der Waals surface area contributed by atoms with Gasteiger partial charge in [0.2, 0.25) is 0 Å². The Morgan fingerprint density at radius 2 is 1.38 bits per heavy atom. The van der Waals surface area contributed by atoms with Crippen molar-refractivity contribution in [3.05, 3.63) is 0 Å². The van der Waals surface area contributed by atoms with Crippen LogP contribution in [0.5, 0.6) is 11.8 Å². The lowest BCUT2D eigenvalue weighted by molar-refractivity contribution is 0.375. The summed E-state index contributed by atoms with van der Waals surface area (Å²) < 4.78 is 9.87. The molecule has 2 aromatic heterocycles. The minimum absolute atomic E-state index is 0.324. The van der Waals surface area contributed by atoms with Crippen molar-refractivity contribution >= 4 is 11.0 Å². The molecule has 7 nitrogen and oxygen atoms in total. The summed E-state index contributed by atoms with van der Waals surface area (Å²) in [6, 6.07) is 0. The maximum absolute atomic E-state index is 4.93. The monoisotopic (exact) mass is 181 g/mol. The largest absolute Gasteiger partial charge is 0.478 e. The lowest BCUT2D eigenvalue weighted by atomic mass is 10.4. The van der Waals surface area contributed by atoms with Gasteiger partial charge in [-0.1, -0.05) is 0 Å². The molecule has 2 rings (SSSR count). The van der Waals surface area contributed by atoms with Crippen LogP contribution in [0.2, 0.25) is 0 Å². The molecule has 0 unspecified atom stereocenters. The van der Waals surface area contributed by atoms with Crippen molar-refractivity contribution in [2.75, 3.05) is 14.2 Å². The van der Waals surface area contributed by atoms with E-state index in [4.69, 9.17) is 9.47 Å². The summed E-state index contributed by atoms with van der Waals surface area (Å²) in [6.07, 6.45) is 0. The van der Waals surface area contributed by atoms with Crippen LogP contribution in [0.1, 0.15) is 0 Å². The van der Waals surface area contributed by atoms with Gasteiger partial charge >= 0.3 is 0 Å². The smallest absolute Gasteiger partial charge is 0.263 e. The fraction of sp³-hybridized carbons (Fsp3) is 0.333. The van der Waals surface area contributed by atoms with Gasteiger partial charge in [-0.05, 0) is 0 Å². The average molecular weight is 181 g/mol. The zero-order chi connectivity index (χ0) is 9.26. The zero-order valence-corrected chi connectivity index (χ0v) is 7.11. The molecule has 0 spiro atoms. The Kier molecular flexibility index (Phi) is 1.69. The normalized spacial score (nSPS) is 10.3. The molecule has 0 aliphatic heterocycles. The number of nitrogens with one attached hydrogen (secondary N) is 1. The van der Waals surface area contributed by atoms with E-state index in [0.717, 1.165) is 0 Å². The number of fused-ring (bicyclic) bond motifs is 1. The van der Waals surface area contributed by atoms with Gasteiger partial charge < -0.3 is 9.47 Å². The Labute approximate surface area is 73.1 Å². The minimum Gasteiger partial charge on any atom is -0.478 e. The Balaban J connectivity index is 2.74. The Bertz CT molecular complexity index is 388. The van der Waals surface area contributed by atoms with Crippen molar-refractivity contribution in [2.24, 2.45) is 0 Å². The summed E-state index contributed by atoms with van der Waals surface area (Å²) in [5, 5.41) is 17.7. The molecular formula is C6H7N5O2. The summed E-state index contributed by atoms with van der Waals surface area (Å²) in [7, 11) is 2.98. The van der Waals surface area contributed by atoms with Crippen LogP contribution in [0.3, 0.4) is 0 Å². The molecule has 1 N–H and O–H groups in total. The fourth-order valence-corrected chi connectivity index (χ4v) is 0.990. The van der Waals surface area contributed by atoms with Crippen molar-refractivity contribution in [1.29, 1.82) is 0 Å². The molecule has 0 radical (unpaired) electrons. The van der Waals surface area contributed by atoms with Gasteiger partial charge in [-0.2, -0.15) is 15.4 Å². The van der Waals surface area contributed by atoms with Crippen molar-refractivity contribution in [3.63, 3.8) is 0 Å². The van der Waals surface area contributed by atoms with Gasteiger partial charge in [-0.15, -0.1) is 10.2 Å². The average Bonchev–Trinajstić information content (AvgIpc) is 2.64. The lowest BCUT2D eigenvalue weighted by Gasteiger charge is -1.99. The van der Waals surface area contributed by atoms with Gasteiger partial charge in [-0.25, -0.2) is 0 Å². The molecule has 0 saturated heterocycles. The molecule has 0 atom stereocenters. The summed E-state index contributed by atoms with van der Waals surface area (Å²) in [5.41, 5.74) is 1.02. The number of nitrogens with zero attached hydrogens (tertiary/aromatic N) is 4. The maximum Gasteiger partial charge on any atom is 0.263 e. The van der Waals surface area contributed by atoms with Crippen LogP contribution in [0.4, 0.5) is 0 Å². The van der Waals surface area contributed by atoms with E-state index in [0.29, 0.717) is 22.8 Å². The van der Waals surface area contributed by atoms with Crippen molar-refractivity contribution < 1.29 is 9.47 Å². The van der Waals surface area contributed by atoms with Gasteiger partial charge in [0.25, 0.3) is 11.8 Å². The molecule has 2 heterocycles. The fourth-order valence-electron chi connectivity index (χ4n) is 0.990. The first kappa shape index (κ1) is 7.71. The molecular weight excluding hydrogens is 174 g/mol. The number of hydrogen-bond donors (Lipinski definition) is 1. The number of hydrogen-bond acceptors (Lipinski definition) is 6. The summed E-state index contributed by atoms with van der Waals surface area (Å²) in [5.74, 6) is 0.647. The van der Waals surface area contributed by atoms with E-state index in [-0.39, 0.29) is 0 Å². The highest BCUT2D eigenvalue weighted by Crippen LogP contribution is 2.23. The SMILES string of the molecule is COc1nnc(OC)c2n[nH]nc12. The summed E-state index contributed by atoms with van der Waals surface area (Å²) >= 11 is 0. The second kappa shape index (κ2) is 2.85. The van der Waals surface area contributed by atoms with Gasteiger partial charge in [0.05, 0.1) is 14.2 Å². The molecule has 0 fully saturated rings. The van der Waals surface area contributed by atoms with Crippen molar-refractivity contribution in [3.8, 4) is 11.8 Å². The first-order chi connectivity index (χ1) is 6.36. The number of ether oxygens (including phenoxy) is 2. The molecule has 0 bridgehead atoms. The van der Waals surface area contributed by atoms with E-state index in [2.05, 4.69) is 25.6 Å². The van der Waals surface area contributed by atoms with Gasteiger partial charge in [0.1, 0.15) is 0 Å². The Morgan fingerprint density at radius 1 is 0.923 bits per heavy atom. The number of aromatic amines is 1. The van der Waals surface area contributed by atoms with Gasteiger partial charge in [0, 0.05) is 0 Å². The van der Waals surface area contributed by atoms with Crippen LogP contribution in [-0.2, 0) is 0 Å². The van der Waals surface area contributed by atoms with Crippen molar-refractivity contribution in [1.82, 2.24) is 25.6 Å². The van der Waals surface area contributed by atoms with Crippen LogP contribution in [0, 0.1) is 0 Å². The topological polar surface area (TPSA) is 85.8 Å². The van der Waals surface area contributed by atoms with Crippen molar-refractivity contribution in [2.45, 2.75) is 0 Å². The van der Waals surface area contributed by atoms with E-state index in [1.165, 1.54) is 14.2 Å². The molecule has 0 aliphatic rings.